The molecule has 0 aliphatic carbocycles. The molecule has 0 amide bonds. The molecular weight excluding hydrogens is 199 g/mol. The first-order chi connectivity index (χ1) is 6.68. The van der Waals surface area contributed by atoms with Crippen molar-refractivity contribution in [1.29, 1.82) is 0 Å². The molecule has 0 saturated heterocycles. The van der Waals surface area contributed by atoms with E-state index in [0.717, 1.165) is 12.8 Å². The zero-order valence-corrected chi connectivity index (χ0v) is 10.5. The first-order valence-corrected chi connectivity index (χ1v) is 7.12. The highest BCUT2D eigenvalue weighted by atomic mass is 31.2. The van der Waals surface area contributed by atoms with Crippen molar-refractivity contribution in [3.63, 3.8) is 0 Å². The molecule has 0 fully saturated rings. The summed E-state index contributed by atoms with van der Waals surface area (Å²) in [7, 11) is 0.155. The highest BCUT2D eigenvalue weighted by Gasteiger charge is 2.19. The van der Waals surface area contributed by atoms with Crippen molar-refractivity contribution in [2.24, 2.45) is 0 Å². The van der Waals surface area contributed by atoms with Crippen LogP contribution in [0, 0.1) is 0 Å². The Morgan fingerprint density at radius 3 is 1.93 bits per heavy atom. The minimum atomic E-state index is -2.74. The van der Waals surface area contributed by atoms with Gasteiger partial charge in [-0.1, -0.05) is 39.0 Å². The van der Waals surface area contributed by atoms with E-state index < -0.39 is 7.60 Å². The fourth-order valence-electron chi connectivity index (χ4n) is 1.34. The Bertz CT molecular complexity index is 163. The van der Waals surface area contributed by atoms with Crippen LogP contribution >= 0.6 is 7.60 Å². The lowest BCUT2D eigenvalue weighted by atomic mass is 10.1. The Balaban J connectivity index is 3.39. The molecule has 0 aromatic carbocycles. The van der Waals surface area contributed by atoms with Crippen molar-refractivity contribution < 1.29 is 13.6 Å². The average Bonchev–Trinajstić information content (AvgIpc) is 2.23. The van der Waals surface area contributed by atoms with Crippen LogP contribution in [0.2, 0.25) is 0 Å². The summed E-state index contributed by atoms with van der Waals surface area (Å²) in [6.07, 6.45) is 7.66. The molecule has 86 valence electrons. The number of unbranched alkanes of at least 4 members (excludes halogenated alkanes) is 5. The normalized spacial score (nSPS) is 11.9. The van der Waals surface area contributed by atoms with Crippen LogP contribution in [0.4, 0.5) is 0 Å². The van der Waals surface area contributed by atoms with E-state index in [1.807, 2.05) is 0 Å². The van der Waals surface area contributed by atoms with Crippen LogP contribution < -0.4 is 0 Å². The molecule has 0 bridgehead atoms. The van der Waals surface area contributed by atoms with Crippen molar-refractivity contribution >= 4 is 7.60 Å². The van der Waals surface area contributed by atoms with Gasteiger partial charge in [0.25, 0.3) is 0 Å². The highest BCUT2D eigenvalue weighted by Crippen LogP contribution is 2.47. The van der Waals surface area contributed by atoms with Crippen LogP contribution in [0.5, 0.6) is 0 Å². The lowest BCUT2D eigenvalue weighted by Crippen LogP contribution is -1.94. The van der Waals surface area contributed by atoms with Crippen LogP contribution in [0.25, 0.3) is 0 Å². The second kappa shape index (κ2) is 8.46. The molecule has 0 saturated carbocycles. The molecule has 0 heterocycles. The Morgan fingerprint density at radius 1 is 0.929 bits per heavy atom. The van der Waals surface area contributed by atoms with E-state index in [1.165, 1.54) is 39.9 Å². The molecule has 0 radical (unpaired) electrons. The van der Waals surface area contributed by atoms with Crippen molar-refractivity contribution in [3.8, 4) is 0 Å². The van der Waals surface area contributed by atoms with Crippen LogP contribution in [-0.4, -0.2) is 20.4 Å². The summed E-state index contributed by atoms with van der Waals surface area (Å²) < 4.78 is 21.3. The van der Waals surface area contributed by atoms with E-state index in [0.29, 0.717) is 6.16 Å². The van der Waals surface area contributed by atoms with Crippen molar-refractivity contribution in [1.82, 2.24) is 0 Å². The molecule has 4 heteroatoms. The van der Waals surface area contributed by atoms with Crippen molar-refractivity contribution in [3.05, 3.63) is 0 Å². The maximum atomic E-state index is 11.6. The van der Waals surface area contributed by atoms with E-state index in [1.54, 1.807) is 0 Å². The molecule has 0 aromatic heterocycles. The molecule has 0 atom stereocenters. The first kappa shape index (κ1) is 14.2. The van der Waals surface area contributed by atoms with Gasteiger partial charge >= 0.3 is 7.60 Å². The van der Waals surface area contributed by atoms with Gasteiger partial charge in [0.15, 0.2) is 0 Å². The first-order valence-electron chi connectivity index (χ1n) is 5.39. The quantitative estimate of drug-likeness (QED) is 0.439. The molecular formula is C10H23O3P. The van der Waals surface area contributed by atoms with Gasteiger partial charge in [0.05, 0.1) is 6.16 Å². The predicted octanol–water partition coefficient (Wildman–Crippen LogP) is 3.83. The van der Waals surface area contributed by atoms with Crippen LogP contribution in [-0.2, 0) is 13.6 Å². The average molecular weight is 222 g/mol. The SMILES string of the molecule is CCCCCCCCP(=O)(OC)OC. The van der Waals surface area contributed by atoms with Crippen LogP contribution in [0.3, 0.4) is 0 Å². The van der Waals surface area contributed by atoms with E-state index in [4.69, 9.17) is 9.05 Å². The third kappa shape index (κ3) is 6.58. The number of rotatable bonds is 9. The maximum Gasteiger partial charge on any atom is 0.330 e. The van der Waals surface area contributed by atoms with Gasteiger partial charge in [-0.25, -0.2) is 0 Å². The second-order valence-corrected chi connectivity index (χ2v) is 5.87. The van der Waals surface area contributed by atoms with Crippen LogP contribution in [0.1, 0.15) is 45.4 Å². The Morgan fingerprint density at radius 2 is 1.43 bits per heavy atom. The maximum absolute atomic E-state index is 11.6. The molecule has 0 aliphatic heterocycles. The second-order valence-electron chi connectivity index (χ2n) is 3.47. The summed E-state index contributed by atoms with van der Waals surface area (Å²) in [6, 6.07) is 0. The van der Waals surface area contributed by atoms with Crippen molar-refractivity contribution in [2.45, 2.75) is 45.4 Å². The van der Waals surface area contributed by atoms with E-state index >= 15 is 0 Å². The zero-order valence-electron chi connectivity index (χ0n) is 9.62. The van der Waals surface area contributed by atoms with Gasteiger partial charge in [-0.3, -0.25) is 4.57 Å². The third-order valence-corrected chi connectivity index (χ3v) is 4.32. The van der Waals surface area contributed by atoms with Gasteiger partial charge in [-0.2, -0.15) is 0 Å². The zero-order chi connectivity index (χ0) is 10.9. The standard InChI is InChI=1S/C10H23O3P/c1-4-5-6-7-8-9-10-14(11,12-2)13-3/h4-10H2,1-3H3. The Labute approximate surface area is 87.7 Å². The summed E-state index contributed by atoms with van der Waals surface area (Å²) in [6.45, 7) is 2.20. The van der Waals surface area contributed by atoms with E-state index in [2.05, 4.69) is 6.92 Å². The fourth-order valence-corrected chi connectivity index (χ4v) is 2.47. The summed E-state index contributed by atoms with van der Waals surface area (Å²) in [5.74, 6) is 0. The Kier molecular flexibility index (Phi) is 8.55. The van der Waals surface area contributed by atoms with E-state index in [9.17, 15) is 4.57 Å². The van der Waals surface area contributed by atoms with Crippen LogP contribution in [0.15, 0.2) is 0 Å². The molecule has 0 spiro atoms. The summed E-state index contributed by atoms with van der Waals surface area (Å²) in [5, 5.41) is 0. The molecule has 3 nitrogen and oxygen atoms in total. The molecule has 0 N–H and O–H groups in total. The molecule has 0 rings (SSSR count). The van der Waals surface area contributed by atoms with Gasteiger partial charge in [0.2, 0.25) is 0 Å². The predicted molar refractivity (Wildman–Crippen MR) is 59.9 cm³/mol. The minimum Gasteiger partial charge on any atom is -0.312 e. The summed E-state index contributed by atoms with van der Waals surface area (Å²) in [4.78, 5) is 0. The van der Waals surface area contributed by atoms with Gasteiger partial charge in [-0.05, 0) is 6.42 Å². The topological polar surface area (TPSA) is 35.5 Å². The van der Waals surface area contributed by atoms with Gasteiger partial charge in [0, 0.05) is 14.2 Å². The number of hydrogen-bond acceptors (Lipinski definition) is 3. The molecule has 0 aromatic rings. The molecule has 0 unspecified atom stereocenters. The Hall–Kier alpha value is 0.150. The number of hydrogen-bond donors (Lipinski definition) is 0. The summed E-state index contributed by atoms with van der Waals surface area (Å²) in [5.41, 5.74) is 0. The smallest absolute Gasteiger partial charge is 0.312 e. The van der Waals surface area contributed by atoms with Gasteiger partial charge < -0.3 is 9.05 Å². The highest BCUT2D eigenvalue weighted by molar-refractivity contribution is 7.53. The lowest BCUT2D eigenvalue weighted by molar-refractivity contribution is 0.275. The monoisotopic (exact) mass is 222 g/mol. The fraction of sp³-hybridized carbons (Fsp3) is 1.00. The van der Waals surface area contributed by atoms with Gasteiger partial charge in [-0.15, -0.1) is 0 Å². The largest absolute Gasteiger partial charge is 0.330 e. The lowest BCUT2D eigenvalue weighted by Gasteiger charge is -2.12. The minimum absolute atomic E-state index is 0.548. The van der Waals surface area contributed by atoms with E-state index in [-0.39, 0.29) is 0 Å². The molecule has 0 aliphatic rings. The van der Waals surface area contributed by atoms with Gasteiger partial charge in [0.1, 0.15) is 0 Å². The summed E-state index contributed by atoms with van der Waals surface area (Å²) >= 11 is 0. The third-order valence-electron chi connectivity index (χ3n) is 2.34. The molecule has 14 heavy (non-hydrogen) atoms. The van der Waals surface area contributed by atoms with Crippen molar-refractivity contribution in [2.75, 3.05) is 20.4 Å².